The van der Waals surface area contributed by atoms with Crippen LogP contribution in [0.3, 0.4) is 0 Å². The van der Waals surface area contributed by atoms with Crippen LogP contribution in [0.25, 0.3) is 10.9 Å². The number of aromatic nitrogens is 2. The topological polar surface area (TPSA) is 62.9 Å². The Labute approximate surface area is 164 Å². The highest BCUT2D eigenvalue weighted by atomic mass is 16.5. The van der Waals surface area contributed by atoms with Gasteiger partial charge in [0, 0.05) is 37.8 Å². The second-order valence-electron chi connectivity index (χ2n) is 6.85. The zero-order chi connectivity index (χ0) is 19.7. The van der Waals surface area contributed by atoms with Crippen LogP contribution in [-0.4, -0.2) is 57.7 Å². The first-order valence-electron chi connectivity index (χ1n) is 9.40. The molecule has 1 N–H and O–H groups in total. The van der Waals surface area contributed by atoms with Gasteiger partial charge >= 0.3 is 0 Å². The number of aryl methyl sites for hydroxylation is 1. The summed E-state index contributed by atoms with van der Waals surface area (Å²) >= 11 is 0. The molecule has 0 radical (unpaired) electrons. The zero-order valence-corrected chi connectivity index (χ0v) is 16.8. The van der Waals surface area contributed by atoms with Crippen LogP contribution in [0.4, 0.5) is 11.5 Å². The molecular formula is C21H26N4O3. The van der Waals surface area contributed by atoms with Crippen molar-refractivity contribution in [3.63, 3.8) is 0 Å². The number of nitrogens with one attached hydrogen (secondary N) is 1. The molecule has 1 saturated heterocycles. The molecule has 0 unspecified atom stereocenters. The van der Waals surface area contributed by atoms with Crippen molar-refractivity contribution in [1.29, 1.82) is 0 Å². The van der Waals surface area contributed by atoms with Crippen LogP contribution >= 0.6 is 0 Å². The Hall–Kier alpha value is -3.09. The van der Waals surface area contributed by atoms with Crippen molar-refractivity contribution in [1.82, 2.24) is 10.2 Å². The predicted molar refractivity (Wildman–Crippen MR) is 111 cm³/mol. The molecule has 148 valence electrons. The number of aromatic amines is 1. The van der Waals surface area contributed by atoms with E-state index < -0.39 is 0 Å². The third-order valence-corrected chi connectivity index (χ3v) is 5.42. The van der Waals surface area contributed by atoms with E-state index in [9.17, 15) is 0 Å². The molecule has 2 aromatic carbocycles. The van der Waals surface area contributed by atoms with E-state index in [4.69, 9.17) is 14.2 Å². The number of benzene rings is 2. The van der Waals surface area contributed by atoms with Crippen molar-refractivity contribution in [2.75, 3.05) is 57.3 Å². The lowest BCUT2D eigenvalue weighted by atomic mass is 10.1. The second-order valence-corrected chi connectivity index (χ2v) is 6.85. The maximum Gasteiger partial charge on any atom is 0.164 e. The standard InChI is InChI=1S/C21H26N4O3/c1-14-19-15(13-18(27-3)20(14)28-4)22-23-21(19)25-11-9-24(10-12-25)16-7-5-6-8-17(16)26-2/h5-8,13H,9-12H2,1-4H3,(H,22,23). The largest absolute Gasteiger partial charge is 0.495 e. The van der Waals surface area contributed by atoms with Crippen LogP contribution in [0, 0.1) is 6.92 Å². The number of hydrogen-bond acceptors (Lipinski definition) is 6. The Balaban J connectivity index is 1.61. The second kappa shape index (κ2) is 7.50. The van der Waals surface area contributed by atoms with Crippen LogP contribution in [0.15, 0.2) is 30.3 Å². The molecule has 0 bridgehead atoms. The SMILES string of the molecule is COc1ccccc1N1CCN(c2n[nH]c3cc(OC)c(OC)c(C)c23)CC1. The minimum Gasteiger partial charge on any atom is -0.495 e. The number of piperazine rings is 1. The van der Waals surface area contributed by atoms with Gasteiger partial charge in [0.25, 0.3) is 0 Å². The number of hydrogen-bond donors (Lipinski definition) is 1. The third-order valence-electron chi connectivity index (χ3n) is 5.42. The fourth-order valence-corrected chi connectivity index (χ4v) is 4.00. The average molecular weight is 382 g/mol. The van der Waals surface area contributed by atoms with E-state index in [1.54, 1.807) is 21.3 Å². The summed E-state index contributed by atoms with van der Waals surface area (Å²) < 4.78 is 16.6. The van der Waals surface area contributed by atoms with E-state index in [1.165, 1.54) is 0 Å². The van der Waals surface area contributed by atoms with Crippen molar-refractivity contribution in [2.24, 2.45) is 0 Å². The Morgan fingerprint density at radius 2 is 1.57 bits per heavy atom. The van der Waals surface area contributed by atoms with Crippen LogP contribution < -0.4 is 24.0 Å². The molecular weight excluding hydrogens is 356 g/mol. The highest BCUT2D eigenvalue weighted by Crippen LogP contribution is 2.40. The predicted octanol–water partition coefficient (Wildman–Crippen LogP) is 3.22. The molecule has 1 aromatic heterocycles. The van der Waals surface area contributed by atoms with Gasteiger partial charge in [0.15, 0.2) is 17.3 Å². The molecule has 3 aromatic rings. The molecule has 0 aliphatic carbocycles. The summed E-state index contributed by atoms with van der Waals surface area (Å²) in [4.78, 5) is 4.68. The first-order valence-corrected chi connectivity index (χ1v) is 9.40. The lowest BCUT2D eigenvalue weighted by molar-refractivity contribution is 0.354. The molecule has 0 atom stereocenters. The molecule has 2 heterocycles. The summed E-state index contributed by atoms with van der Waals surface area (Å²) in [6.07, 6.45) is 0. The quantitative estimate of drug-likeness (QED) is 0.731. The van der Waals surface area contributed by atoms with E-state index in [0.717, 1.165) is 65.6 Å². The number of anilines is 2. The molecule has 1 aliphatic heterocycles. The number of methoxy groups -OCH3 is 3. The van der Waals surface area contributed by atoms with Gasteiger partial charge in [0.2, 0.25) is 0 Å². The van der Waals surface area contributed by atoms with Gasteiger partial charge in [-0.3, -0.25) is 5.10 Å². The lowest BCUT2D eigenvalue weighted by Crippen LogP contribution is -2.46. The van der Waals surface area contributed by atoms with Gasteiger partial charge in [-0.15, -0.1) is 0 Å². The van der Waals surface area contributed by atoms with Crippen molar-refractivity contribution < 1.29 is 14.2 Å². The summed E-state index contributed by atoms with van der Waals surface area (Å²) in [7, 11) is 5.04. The fraction of sp³-hybridized carbons (Fsp3) is 0.381. The number of rotatable bonds is 5. The molecule has 7 nitrogen and oxygen atoms in total. The summed E-state index contributed by atoms with van der Waals surface area (Å²) in [5, 5.41) is 8.85. The summed E-state index contributed by atoms with van der Waals surface area (Å²) in [5.41, 5.74) is 3.13. The van der Waals surface area contributed by atoms with Gasteiger partial charge in [0.1, 0.15) is 5.75 Å². The van der Waals surface area contributed by atoms with Gasteiger partial charge in [-0.1, -0.05) is 12.1 Å². The van der Waals surface area contributed by atoms with Gasteiger partial charge < -0.3 is 24.0 Å². The molecule has 1 fully saturated rings. The smallest absolute Gasteiger partial charge is 0.164 e. The highest BCUT2D eigenvalue weighted by Gasteiger charge is 2.25. The van der Waals surface area contributed by atoms with E-state index >= 15 is 0 Å². The van der Waals surface area contributed by atoms with Crippen LogP contribution in [-0.2, 0) is 0 Å². The number of H-pyrrole nitrogens is 1. The fourth-order valence-electron chi connectivity index (χ4n) is 4.00. The van der Waals surface area contributed by atoms with E-state index in [-0.39, 0.29) is 0 Å². The van der Waals surface area contributed by atoms with Gasteiger partial charge in [-0.2, -0.15) is 5.10 Å². The average Bonchev–Trinajstić information content (AvgIpc) is 3.18. The van der Waals surface area contributed by atoms with Crippen molar-refractivity contribution >= 4 is 22.4 Å². The molecule has 7 heteroatoms. The van der Waals surface area contributed by atoms with E-state index in [2.05, 4.69) is 32.1 Å². The highest BCUT2D eigenvalue weighted by molar-refractivity contribution is 5.96. The maximum absolute atomic E-state index is 5.58. The van der Waals surface area contributed by atoms with Crippen LogP contribution in [0.5, 0.6) is 17.2 Å². The number of nitrogens with zero attached hydrogens (tertiary/aromatic N) is 3. The Bertz CT molecular complexity index is 977. The van der Waals surface area contributed by atoms with Crippen molar-refractivity contribution in [3.8, 4) is 17.2 Å². The van der Waals surface area contributed by atoms with E-state index in [0.29, 0.717) is 5.75 Å². The minimum atomic E-state index is 0.712. The Morgan fingerprint density at radius 1 is 0.893 bits per heavy atom. The van der Waals surface area contributed by atoms with Gasteiger partial charge in [-0.05, 0) is 19.1 Å². The Morgan fingerprint density at radius 3 is 2.25 bits per heavy atom. The maximum atomic E-state index is 5.58. The molecule has 28 heavy (non-hydrogen) atoms. The summed E-state index contributed by atoms with van der Waals surface area (Å²) in [6.45, 7) is 5.62. The van der Waals surface area contributed by atoms with Crippen LogP contribution in [0.1, 0.15) is 5.56 Å². The molecule has 0 amide bonds. The summed E-state index contributed by atoms with van der Waals surface area (Å²) in [5.74, 6) is 3.34. The normalized spacial score (nSPS) is 14.4. The number of fused-ring (bicyclic) bond motifs is 1. The summed E-state index contributed by atoms with van der Waals surface area (Å²) in [6, 6.07) is 10.1. The minimum absolute atomic E-state index is 0.712. The zero-order valence-electron chi connectivity index (χ0n) is 16.8. The third kappa shape index (κ3) is 2.96. The molecule has 0 saturated carbocycles. The monoisotopic (exact) mass is 382 g/mol. The first kappa shape index (κ1) is 18.3. The number of ether oxygens (including phenoxy) is 3. The number of para-hydroxylation sites is 2. The molecule has 0 spiro atoms. The van der Waals surface area contributed by atoms with Crippen molar-refractivity contribution in [3.05, 3.63) is 35.9 Å². The van der Waals surface area contributed by atoms with Gasteiger partial charge in [0.05, 0.1) is 37.9 Å². The molecule has 4 rings (SSSR count). The lowest BCUT2D eigenvalue weighted by Gasteiger charge is -2.37. The molecule has 1 aliphatic rings. The van der Waals surface area contributed by atoms with Crippen LogP contribution in [0.2, 0.25) is 0 Å². The van der Waals surface area contributed by atoms with Crippen molar-refractivity contribution in [2.45, 2.75) is 6.92 Å². The van der Waals surface area contributed by atoms with E-state index in [1.807, 2.05) is 25.1 Å². The van der Waals surface area contributed by atoms with Gasteiger partial charge in [-0.25, -0.2) is 0 Å². The first-order chi connectivity index (χ1) is 13.7. The Kier molecular flexibility index (Phi) is 4.90.